The monoisotopic (exact) mass is 415 g/mol. The summed E-state index contributed by atoms with van der Waals surface area (Å²) in [6.45, 7) is 3.57. The number of benzene rings is 2. The van der Waals surface area contributed by atoms with Crippen molar-refractivity contribution in [3.8, 4) is 11.4 Å². The van der Waals surface area contributed by atoms with Gasteiger partial charge in [-0.05, 0) is 31.9 Å². The Balaban J connectivity index is 1.35. The number of hydrogen-bond donors (Lipinski definition) is 0. The zero-order valence-electron chi connectivity index (χ0n) is 17.1. The summed E-state index contributed by atoms with van der Waals surface area (Å²) in [5.41, 5.74) is 3.22. The fraction of sp³-hybridized carbons (Fsp3) is 0.261. The molecule has 156 valence electrons. The van der Waals surface area contributed by atoms with E-state index in [0.717, 1.165) is 54.4 Å². The van der Waals surface area contributed by atoms with Crippen LogP contribution in [-0.2, 0) is 0 Å². The summed E-state index contributed by atoms with van der Waals surface area (Å²) in [7, 11) is 0. The maximum Gasteiger partial charge on any atom is 0.270 e. The van der Waals surface area contributed by atoms with E-state index in [-0.39, 0.29) is 11.6 Å². The first-order valence-electron chi connectivity index (χ1n) is 10.3. The number of aryl methyl sites for hydroxylation is 1. The van der Waals surface area contributed by atoms with E-state index in [0.29, 0.717) is 11.4 Å². The van der Waals surface area contributed by atoms with Crippen molar-refractivity contribution < 1.29 is 9.34 Å². The molecule has 0 saturated carbocycles. The lowest BCUT2D eigenvalue weighted by Gasteiger charge is -2.31. The molecule has 0 unspecified atom stereocenters. The Morgan fingerprint density at radius 2 is 1.84 bits per heavy atom. The van der Waals surface area contributed by atoms with Crippen LogP contribution in [0.15, 0.2) is 59.0 Å². The van der Waals surface area contributed by atoms with E-state index in [1.54, 1.807) is 12.1 Å². The lowest BCUT2D eigenvalue weighted by molar-refractivity contribution is -0.384. The third-order valence-electron chi connectivity index (χ3n) is 5.63. The number of anilines is 1. The molecular formula is C23H21N5O3. The van der Waals surface area contributed by atoms with Gasteiger partial charge in [-0.3, -0.25) is 10.1 Å². The minimum Gasteiger partial charge on any atom is -0.440 e. The summed E-state index contributed by atoms with van der Waals surface area (Å²) in [6.07, 6.45) is 1.84. The Morgan fingerprint density at radius 1 is 1.03 bits per heavy atom. The minimum absolute atomic E-state index is 0.0308. The van der Waals surface area contributed by atoms with Crippen molar-refractivity contribution in [1.82, 2.24) is 15.0 Å². The van der Waals surface area contributed by atoms with E-state index < -0.39 is 4.92 Å². The minimum atomic E-state index is -0.406. The highest BCUT2D eigenvalue weighted by atomic mass is 16.6. The first kappa shape index (κ1) is 19.2. The van der Waals surface area contributed by atoms with Crippen molar-refractivity contribution in [3.63, 3.8) is 0 Å². The molecule has 5 rings (SSSR count). The fourth-order valence-electron chi connectivity index (χ4n) is 4.02. The van der Waals surface area contributed by atoms with Crippen molar-refractivity contribution in [2.24, 2.45) is 0 Å². The van der Waals surface area contributed by atoms with Crippen LogP contribution in [0.25, 0.3) is 22.5 Å². The molecule has 4 aromatic rings. The van der Waals surface area contributed by atoms with Gasteiger partial charge in [-0.2, -0.15) is 0 Å². The summed E-state index contributed by atoms with van der Waals surface area (Å²) in [5.74, 6) is 2.42. The second kappa shape index (κ2) is 7.79. The number of nitro benzene ring substituents is 1. The number of oxazole rings is 1. The van der Waals surface area contributed by atoms with Gasteiger partial charge in [0.2, 0.25) is 0 Å². The Bertz CT molecular complexity index is 1230. The summed E-state index contributed by atoms with van der Waals surface area (Å²) < 4.78 is 5.96. The third-order valence-corrected chi connectivity index (χ3v) is 5.63. The van der Waals surface area contributed by atoms with Gasteiger partial charge < -0.3 is 9.32 Å². The number of para-hydroxylation sites is 2. The molecule has 3 heterocycles. The highest BCUT2D eigenvalue weighted by molar-refractivity contribution is 5.72. The zero-order valence-corrected chi connectivity index (χ0v) is 17.1. The number of rotatable bonds is 4. The van der Waals surface area contributed by atoms with Crippen LogP contribution in [0.3, 0.4) is 0 Å². The average molecular weight is 415 g/mol. The van der Waals surface area contributed by atoms with Gasteiger partial charge in [-0.1, -0.05) is 24.3 Å². The lowest BCUT2D eigenvalue weighted by atomic mass is 9.97. The fourth-order valence-corrected chi connectivity index (χ4v) is 4.02. The first-order chi connectivity index (χ1) is 15.1. The van der Waals surface area contributed by atoms with Crippen LogP contribution in [0.2, 0.25) is 0 Å². The topological polar surface area (TPSA) is 98.2 Å². The number of nitrogens with zero attached hydrogens (tertiary/aromatic N) is 5. The molecule has 2 aromatic heterocycles. The molecule has 1 aliphatic rings. The van der Waals surface area contributed by atoms with Crippen LogP contribution in [0.5, 0.6) is 0 Å². The molecule has 31 heavy (non-hydrogen) atoms. The average Bonchev–Trinajstić information content (AvgIpc) is 3.23. The molecule has 0 aliphatic carbocycles. The molecule has 8 nitrogen and oxygen atoms in total. The lowest BCUT2D eigenvalue weighted by Crippen LogP contribution is -2.33. The molecule has 2 aromatic carbocycles. The Hall–Kier alpha value is -3.81. The Labute approximate surface area is 178 Å². The van der Waals surface area contributed by atoms with Crippen molar-refractivity contribution in [2.75, 3.05) is 18.0 Å². The van der Waals surface area contributed by atoms with Crippen LogP contribution in [-0.4, -0.2) is 33.0 Å². The molecule has 0 radical (unpaired) electrons. The van der Waals surface area contributed by atoms with Crippen LogP contribution < -0.4 is 4.90 Å². The second-order valence-corrected chi connectivity index (χ2v) is 7.78. The normalized spacial score (nSPS) is 14.8. The van der Waals surface area contributed by atoms with Crippen LogP contribution >= 0.6 is 0 Å². The summed E-state index contributed by atoms with van der Waals surface area (Å²) in [4.78, 5) is 26.8. The highest BCUT2D eigenvalue weighted by Crippen LogP contribution is 2.32. The molecule has 0 amide bonds. The van der Waals surface area contributed by atoms with Gasteiger partial charge in [0.1, 0.15) is 11.3 Å². The van der Waals surface area contributed by atoms with Gasteiger partial charge in [0, 0.05) is 48.5 Å². The van der Waals surface area contributed by atoms with Gasteiger partial charge >= 0.3 is 0 Å². The highest BCUT2D eigenvalue weighted by Gasteiger charge is 2.26. The van der Waals surface area contributed by atoms with Gasteiger partial charge in [0.25, 0.3) is 5.69 Å². The number of aromatic nitrogens is 3. The third kappa shape index (κ3) is 3.84. The van der Waals surface area contributed by atoms with Crippen LogP contribution in [0.4, 0.5) is 11.5 Å². The number of nitro groups is 1. The Morgan fingerprint density at radius 3 is 2.61 bits per heavy atom. The number of non-ortho nitro benzene ring substituents is 1. The van der Waals surface area contributed by atoms with Crippen LogP contribution in [0, 0.1) is 17.0 Å². The SMILES string of the molecule is Cc1cc(N2CCC(c3nc4ccccc4o3)CC2)nc(-c2cccc([N+](=O)[O-])c2)n1. The molecule has 1 aliphatic heterocycles. The number of hydrogen-bond acceptors (Lipinski definition) is 7. The standard InChI is InChI=1S/C23H21N5O3/c1-15-13-21(26-22(24-15)17-5-4-6-18(14-17)28(29)30)27-11-9-16(10-12-27)23-25-19-7-2-3-8-20(19)31-23/h2-8,13-14,16H,9-12H2,1H3. The molecule has 1 fully saturated rings. The smallest absolute Gasteiger partial charge is 0.270 e. The van der Waals surface area contributed by atoms with E-state index >= 15 is 0 Å². The van der Waals surface area contributed by atoms with Crippen molar-refractivity contribution in [2.45, 2.75) is 25.7 Å². The quantitative estimate of drug-likeness (QED) is 0.346. The molecule has 0 bridgehead atoms. The molecule has 0 N–H and O–H groups in total. The van der Waals surface area contributed by atoms with E-state index in [1.807, 2.05) is 37.3 Å². The predicted molar refractivity (Wildman–Crippen MR) is 117 cm³/mol. The zero-order chi connectivity index (χ0) is 21.4. The molecular weight excluding hydrogens is 394 g/mol. The van der Waals surface area contributed by atoms with Crippen LogP contribution in [0.1, 0.15) is 30.3 Å². The van der Waals surface area contributed by atoms with E-state index in [1.165, 1.54) is 12.1 Å². The molecule has 1 saturated heterocycles. The Kier molecular flexibility index (Phi) is 4.82. The molecule has 0 atom stereocenters. The summed E-state index contributed by atoms with van der Waals surface area (Å²) in [6, 6.07) is 16.2. The van der Waals surface area contributed by atoms with Crippen molar-refractivity contribution in [3.05, 3.63) is 76.3 Å². The van der Waals surface area contributed by atoms with E-state index in [4.69, 9.17) is 9.40 Å². The predicted octanol–water partition coefficient (Wildman–Crippen LogP) is 4.89. The van der Waals surface area contributed by atoms with Gasteiger partial charge in [0.15, 0.2) is 17.3 Å². The molecule has 0 spiro atoms. The second-order valence-electron chi connectivity index (χ2n) is 7.78. The maximum atomic E-state index is 11.1. The first-order valence-corrected chi connectivity index (χ1v) is 10.3. The van der Waals surface area contributed by atoms with E-state index in [9.17, 15) is 10.1 Å². The van der Waals surface area contributed by atoms with Crippen molar-refractivity contribution in [1.29, 1.82) is 0 Å². The van der Waals surface area contributed by atoms with Gasteiger partial charge in [-0.15, -0.1) is 0 Å². The maximum absolute atomic E-state index is 11.1. The number of piperidine rings is 1. The summed E-state index contributed by atoms with van der Waals surface area (Å²) >= 11 is 0. The number of fused-ring (bicyclic) bond motifs is 1. The van der Waals surface area contributed by atoms with Gasteiger partial charge in [-0.25, -0.2) is 15.0 Å². The van der Waals surface area contributed by atoms with E-state index in [2.05, 4.69) is 14.9 Å². The molecule has 8 heteroatoms. The van der Waals surface area contributed by atoms with Crippen molar-refractivity contribution >= 4 is 22.6 Å². The largest absolute Gasteiger partial charge is 0.440 e. The summed E-state index contributed by atoms with van der Waals surface area (Å²) in [5, 5.41) is 11.1. The van der Waals surface area contributed by atoms with Gasteiger partial charge in [0.05, 0.1) is 4.92 Å².